The van der Waals surface area contributed by atoms with Crippen LogP contribution in [0.5, 0.6) is 11.5 Å². The molecule has 0 aromatic heterocycles. The van der Waals surface area contributed by atoms with Crippen LogP contribution in [0.15, 0.2) is 48.5 Å². The fraction of sp³-hybridized carbons (Fsp3) is 0.576. The highest BCUT2D eigenvalue weighted by molar-refractivity contribution is 5.86. The minimum Gasteiger partial charge on any atom is -0.462 e. The zero-order valence-corrected chi connectivity index (χ0v) is 27.3. The van der Waals surface area contributed by atoms with Gasteiger partial charge < -0.3 is 74.4 Å². The highest BCUT2D eigenvalue weighted by Crippen LogP contribution is 2.28. The van der Waals surface area contributed by atoms with E-state index in [0.717, 1.165) is 0 Å². The lowest BCUT2D eigenvalue weighted by molar-refractivity contribution is -0.277. The van der Waals surface area contributed by atoms with Crippen molar-refractivity contribution in [3.63, 3.8) is 0 Å². The van der Waals surface area contributed by atoms with E-state index in [-0.39, 0.29) is 24.7 Å². The molecule has 0 bridgehead atoms. The van der Waals surface area contributed by atoms with Crippen LogP contribution in [0.4, 0.5) is 0 Å². The largest absolute Gasteiger partial charge is 0.462 e. The van der Waals surface area contributed by atoms with Crippen LogP contribution in [0.3, 0.4) is 0 Å². The maximum absolute atomic E-state index is 13.0. The fourth-order valence-electron chi connectivity index (χ4n) is 5.15. The molecule has 0 unspecified atom stereocenters. The van der Waals surface area contributed by atoms with Crippen molar-refractivity contribution in [2.45, 2.75) is 100 Å². The Balaban J connectivity index is 1.25. The molecule has 278 valence electrons. The van der Waals surface area contributed by atoms with Crippen LogP contribution in [-0.2, 0) is 41.8 Å². The Morgan fingerprint density at radius 2 is 1.06 bits per heavy atom. The molecule has 0 amide bonds. The first kappa shape index (κ1) is 39.3. The Morgan fingerprint density at radius 1 is 0.660 bits per heavy atom. The van der Waals surface area contributed by atoms with Crippen molar-refractivity contribution in [1.82, 2.24) is 0 Å². The quantitative estimate of drug-likeness (QED) is 0.0925. The monoisotopic (exact) mass is 712 g/mol. The number of rotatable bonds is 14. The molecule has 2 fully saturated rings. The maximum Gasteiger partial charge on any atom is 0.339 e. The molecule has 0 saturated carbocycles. The van der Waals surface area contributed by atoms with Gasteiger partial charge in [0.2, 0.25) is 12.6 Å². The van der Waals surface area contributed by atoms with Gasteiger partial charge in [0.1, 0.15) is 73.5 Å². The smallest absolute Gasteiger partial charge is 0.339 e. The molecule has 0 spiro atoms. The van der Waals surface area contributed by atoms with Crippen molar-refractivity contribution in [3.8, 4) is 11.5 Å². The third-order valence-corrected chi connectivity index (χ3v) is 8.54. The average molecular weight is 713 g/mol. The molecule has 11 atom stereocenters. The summed E-state index contributed by atoms with van der Waals surface area (Å²) in [5.41, 5.74) is -1.23. The molecule has 2 aromatic rings. The van der Waals surface area contributed by atoms with Gasteiger partial charge in [-0.3, -0.25) is 4.79 Å². The first-order chi connectivity index (χ1) is 23.7. The summed E-state index contributed by atoms with van der Waals surface area (Å²) in [4.78, 5) is 25.7. The van der Waals surface area contributed by atoms with E-state index in [9.17, 15) is 55.5 Å². The third-order valence-electron chi connectivity index (χ3n) is 8.54. The summed E-state index contributed by atoms with van der Waals surface area (Å²) >= 11 is 0. The topological polar surface area (TPSA) is 272 Å². The van der Waals surface area contributed by atoms with Crippen molar-refractivity contribution >= 4 is 11.9 Å². The van der Waals surface area contributed by atoms with Gasteiger partial charge in [-0.2, -0.15) is 0 Å². The van der Waals surface area contributed by atoms with Crippen LogP contribution in [-0.4, -0.2) is 138 Å². The van der Waals surface area contributed by atoms with Crippen LogP contribution in [0, 0.1) is 5.92 Å². The summed E-state index contributed by atoms with van der Waals surface area (Å²) in [7, 11) is 0. The second-order valence-electron chi connectivity index (χ2n) is 12.4. The number of esters is 2. The zero-order chi connectivity index (χ0) is 36.7. The Kier molecular flexibility index (Phi) is 13.5. The molecule has 9 N–H and O–H groups in total. The van der Waals surface area contributed by atoms with E-state index in [1.807, 2.05) is 0 Å². The highest BCUT2D eigenvalue weighted by atomic mass is 16.7. The lowest BCUT2D eigenvalue weighted by atomic mass is 9.87. The standard InChI is InChI=1S/C33H44O17/c1-16(2)33(44,32(43)46-15-18-5-9-20(10-6-18)48-31-29(42)27(40)25(38)22(13-35)50-31)11-23(36)45-14-17-3-7-19(8-4-17)47-30-28(41)26(39)24(37)21(12-34)49-30/h3-10,16,21-22,24-31,34-35,37-42,44H,11-15H2,1-2H3/t21-,22-,24-,25-,26+,27+,28-,29-,30-,31-,33+/m1/s1. The third kappa shape index (κ3) is 9.25. The molecular formula is C33H44O17. The van der Waals surface area contributed by atoms with E-state index < -0.39 is 105 Å². The van der Waals surface area contributed by atoms with Gasteiger partial charge in [0.15, 0.2) is 5.60 Å². The first-order valence-electron chi connectivity index (χ1n) is 15.9. The SMILES string of the molecule is CC(C)[C@@](O)(CC(=O)OCc1ccc(O[C@@H]2O[C@H](CO)[C@@H](O)[C@H](O)[C@H]2O)cc1)C(=O)OCc1ccc(O[C@@H]2O[C@H](CO)[C@@H](O)[C@H](O)[C@H]2O)cc1. The van der Waals surface area contributed by atoms with E-state index in [4.69, 9.17) is 28.4 Å². The van der Waals surface area contributed by atoms with E-state index in [0.29, 0.717) is 11.1 Å². The molecule has 50 heavy (non-hydrogen) atoms. The normalized spacial score (nSPS) is 31.0. The molecule has 17 nitrogen and oxygen atoms in total. The molecule has 2 heterocycles. The minimum absolute atomic E-state index is 0.196. The van der Waals surface area contributed by atoms with Gasteiger partial charge in [-0.05, 0) is 41.3 Å². The van der Waals surface area contributed by atoms with Crippen molar-refractivity contribution in [2.24, 2.45) is 5.92 Å². The predicted octanol–water partition coefficient (Wildman–Crippen LogP) is -2.39. The molecule has 0 aliphatic carbocycles. The number of hydrogen-bond acceptors (Lipinski definition) is 17. The van der Waals surface area contributed by atoms with Crippen molar-refractivity contribution in [3.05, 3.63) is 59.7 Å². The molecule has 2 aliphatic rings. The van der Waals surface area contributed by atoms with Crippen LogP contribution in [0.2, 0.25) is 0 Å². The Bertz CT molecular complexity index is 1380. The Morgan fingerprint density at radius 3 is 1.44 bits per heavy atom. The van der Waals surface area contributed by atoms with E-state index in [2.05, 4.69) is 0 Å². The zero-order valence-electron chi connectivity index (χ0n) is 27.3. The van der Waals surface area contributed by atoms with E-state index >= 15 is 0 Å². The molecule has 0 radical (unpaired) electrons. The molecule has 2 aromatic carbocycles. The summed E-state index contributed by atoms with van der Waals surface area (Å²) in [5.74, 6) is -2.27. The van der Waals surface area contributed by atoms with Gasteiger partial charge in [-0.25, -0.2) is 4.79 Å². The number of benzene rings is 2. The van der Waals surface area contributed by atoms with Gasteiger partial charge >= 0.3 is 11.9 Å². The second-order valence-corrected chi connectivity index (χ2v) is 12.4. The summed E-state index contributed by atoms with van der Waals surface area (Å²) < 4.78 is 32.3. The number of ether oxygens (including phenoxy) is 6. The summed E-state index contributed by atoms with van der Waals surface area (Å²) in [6, 6.07) is 12.0. The van der Waals surface area contributed by atoms with Crippen molar-refractivity contribution in [2.75, 3.05) is 13.2 Å². The van der Waals surface area contributed by atoms with Crippen LogP contribution in [0.1, 0.15) is 31.4 Å². The van der Waals surface area contributed by atoms with Crippen LogP contribution >= 0.6 is 0 Å². The lowest BCUT2D eigenvalue weighted by Crippen LogP contribution is -2.60. The summed E-state index contributed by atoms with van der Waals surface area (Å²) in [5, 5.41) is 89.8. The lowest BCUT2D eigenvalue weighted by Gasteiger charge is -2.39. The summed E-state index contributed by atoms with van der Waals surface area (Å²) in [6.07, 6.45) is -15.2. The number of aliphatic hydroxyl groups is 9. The highest BCUT2D eigenvalue weighted by Gasteiger charge is 2.46. The number of carbonyl (C=O) groups is 2. The predicted molar refractivity (Wildman–Crippen MR) is 166 cm³/mol. The number of hydrogen-bond donors (Lipinski definition) is 9. The van der Waals surface area contributed by atoms with Crippen LogP contribution in [0.25, 0.3) is 0 Å². The second kappa shape index (κ2) is 17.2. The maximum atomic E-state index is 13.0. The van der Waals surface area contributed by atoms with E-state index in [1.54, 1.807) is 0 Å². The minimum atomic E-state index is -2.22. The molecule has 4 rings (SSSR count). The van der Waals surface area contributed by atoms with E-state index in [1.165, 1.54) is 62.4 Å². The number of aliphatic hydroxyl groups excluding tert-OH is 8. The Labute approximate surface area is 286 Å². The van der Waals surface area contributed by atoms with Gasteiger partial charge in [-0.1, -0.05) is 38.1 Å². The van der Waals surface area contributed by atoms with Gasteiger partial charge in [0.05, 0.1) is 19.6 Å². The fourth-order valence-corrected chi connectivity index (χ4v) is 5.15. The average Bonchev–Trinajstić information content (AvgIpc) is 3.11. The Hall–Kier alpha value is -3.46. The first-order valence-corrected chi connectivity index (χ1v) is 15.9. The number of carbonyl (C=O) groups excluding carboxylic acids is 2. The summed E-state index contributed by atoms with van der Waals surface area (Å²) in [6.45, 7) is 1.35. The van der Waals surface area contributed by atoms with Crippen LogP contribution < -0.4 is 9.47 Å². The molecular weight excluding hydrogens is 668 g/mol. The van der Waals surface area contributed by atoms with Crippen molar-refractivity contribution < 1.29 is 84.0 Å². The van der Waals surface area contributed by atoms with Gasteiger partial charge in [0, 0.05) is 0 Å². The molecule has 17 heteroatoms. The van der Waals surface area contributed by atoms with Gasteiger partial charge in [0.25, 0.3) is 0 Å². The van der Waals surface area contributed by atoms with Gasteiger partial charge in [-0.15, -0.1) is 0 Å². The molecule has 2 aliphatic heterocycles. The molecule has 2 saturated heterocycles. The van der Waals surface area contributed by atoms with Crippen molar-refractivity contribution in [1.29, 1.82) is 0 Å².